The molecule has 18 heteroatoms. The molecule has 0 radical (unpaired) electrons. The number of carbonyl (C=O) groups is 7. The fourth-order valence-corrected chi connectivity index (χ4v) is 7.88. The molecule has 2 aliphatic rings. The van der Waals surface area contributed by atoms with Gasteiger partial charge < -0.3 is 42.1 Å². The van der Waals surface area contributed by atoms with E-state index in [1.165, 1.54) is 21.6 Å². The van der Waals surface area contributed by atoms with Crippen LogP contribution in [0.4, 0.5) is 4.79 Å². The van der Waals surface area contributed by atoms with Crippen LogP contribution in [-0.4, -0.2) is 112 Å². The Kier molecular flexibility index (Phi) is 17.8. The van der Waals surface area contributed by atoms with Gasteiger partial charge in [-0.2, -0.15) is 11.8 Å². The van der Waals surface area contributed by atoms with E-state index in [1.807, 2.05) is 11.8 Å². The molecule has 2 aliphatic heterocycles. The highest BCUT2D eigenvalue weighted by Gasteiger charge is 2.42. The summed E-state index contributed by atoms with van der Waals surface area (Å²) in [7, 11) is 2.89. The topological polar surface area (TPSA) is 232 Å². The molecule has 0 aromatic heterocycles. The van der Waals surface area contributed by atoms with E-state index in [0.717, 1.165) is 25.0 Å². The van der Waals surface area contributed by atoms with Gasteiger partial charge in [-0.25, -0.2) is 4.79 Å². The maximum atomic E-state index is 12.5. The SMILES string of the molecule is O=C(O)CCCNC(=O)C(NC(=O)CCSSCCNC(=O)CCCCC1SCC2NC(=O)NC21)C(=O)NCCCC(=O)O. The molecule has 2 saturated heterocycles. The third-order valence-corrected chi connectivity index (χ3v) is 10.6. The third-order valence-electron chi connectivity index (χ3n) is 6.65. The lowest BCUT2D eigenvalue weighted by Gasteiger charge is -2.18. The molecule has 248 valence electrons. The highest BCUT2D eigenvalue weighted by Crippen LogP contribution is 2.33. The zero-order valence-electron chi connectivity index (χ0n) is 24.4. The van der Waals surface area contributed by atoms with Crippen molar-refractivity contribution < 1.29 is 43.8 Å². The summed E-state index contributed by atoms with van der Waals surface area (Å²) in [5.74, 6) is -2.24. The van der Waals surface area contributed by atoms with Gasteiger partial charge in [-0.3, -0.25) is 28.8 Å². The maximum Gasteiger partial charge on any atom is 0.315 e. The number of unbranched alkanes of at least 4 members (excludes halogenated alkanes) is 1. The van der Waals surface area contributed by atoms with Crippen LogP contribution in [0, 0.1) is 0 Å². The van der Waals surface area contributed by atoms with Crippen LogP contribution in [0.2, 0.25) is 0 Å². The van der Waals surface area contributed by atoms with E-state index in [2.05, 4.69) is 31.9 Å². The van der Waals surface area contributed by atoms with Crippen molar-refractivity contribution in [1.29, 1.82) is 0 Å². The summed E-state index contributed by atoms with van der Waals surface area (Å²) in [5, 5.41) is 33.9. The van der Waals surface area contributed by atoms with Crippen molar-refractivity contribution in [3.05, 3.63) is 0 Å². The number of carboxylic acid groups (broad SMARTS) is 2. The quantitative estimate of drug-likeness (QED) is 0.0310. The predicted octanol–water partition coefficient (Wildman–Crippen LogP) is 0.0467. The highest BCUT2D eigenvalue weighted by molar-refractivity contribution is 8.76. The van der Waals surface area contributed by atoms with Gasteiger partial charge in [0, 0.05) is 67.8 Å². The van der Waals surface area contributed by atoms with Crippen LogP contribution in [0.15, 0.2) is 0 Å². The number of aliphatic carboxylic acids is 2. The zero-order chi connectivity index (χ0) is 32.3. The maximum absolute atomic E-state index is 12.5. The molecule has 3 atom stereocenters. The van der Waals surface area contributed by atoms with Crippen molar-refractivity contribution in [2.24, 2.45) is 0 Å². The second-order valence-electron chi connectivity index (χ2n) is 10.2. The molecule has 0 saturated carbocycles. The number of rotatable bonds is 23. The lowest BCUT2D eigenvalue weighted by molar-refractivity contribution is -0.138. The number of hydrogen-bond acceptors (Lipinski definition) is 10. The van der Waals surface area contributed by atoms with E-state index in [1.54, 1.807) is 0 Å². The Morgan fingerprint density at radius 1 is 0.773 bits per heavy atom. The minimum atomic E-state index is -1.54. The van der Waals surface area contributed by atoms with Crippen LogP contribution >= 0.6 is 33.3 Å². The van der Waals surface area contributed by atoms with Gasteiger partial charge in [-0.15, -0.1) is 0 Å². The fraction of sp³-hybridized carbons (Fsp3) is 0.731. The number of carboxylic acids is 2. The van der Waals surface area contributed by atoms with Gasteiger partial charge >= 0.3 is 18.0 Å². The summed E-state index contributed by atoms with van der Waals surface area (Å²) in [5.41, 5.74) is 0. The van der Waals surface area contributed by atoms with Crippen molar-refractivity contribution in [3.8, 4) is 0 Å². The van der Waals surface area contributed by atoms with Gasteiger partial charge in [0.1, 0.15) is 0 Å². The number of carbonyl (C=O) groups excluding carboxylic acids is 5. The smallest absolute Gasteiger partial charge is 0.315 e. The number of thioether (sulfide) groups is 1. The molecular weight excluding hydrogens is 637 g/mol. The average molecular weight is 679 g/mol. The zero-order valence-corrected chi connectivity index (χ0v) is 26.8. The van der Waals surface area contributed by atoms with Crippen LogP contribution in [0.1, 0.15) is 57.8 Å². The lowest BCUT2D eigenvalue weighted by Crippen LogP contribution is -2.55. The van der Waals surface area contributed by atoms with Crippen molar-refractivity contribution in [1.82, 2.24) is 31.9 Å². The van der Waals surface area contributed by atoms with E-state index in [4.69, 9.17) is 10.2 Å². The molecule has 2 heterocycles. The molecule has 0 bridgehead atoms. The summed E-state index contributed by atoms with van der Waals surface area (Å²) in [6, 6.07) is -1.27. The molecule has 6 amide bonds. The summed E-state index contributed by atoms with van der Waals surface area (Å²) in [6.07, 6.45) is 3.08. The van der Waals surface area contributed by atoms with Gasteiger partial charge in [0.05, 0.1) is 12.1 Å². The van der Waals surface area contributed by atoms with Gasteiger partial charge in [0.2, 0.25) is 11.8 Å². The van der Waals surface area contributed by atoms with Gasteiger partial charge in [0.25, 0.3) is 11.8 Å². The summed E-state index contributed by atoms with van der Waals surface area (Å²) < 4.78 is 0. The van der Waals surface area contributed by atoms with E-state index in [-0.39, 0.29) is 69.2 Å². The molecule has 0 aliphatic carbocycles. The Balaban J connectivity index is 1.56. The molecule has 8 N–H and O–H groups in total. The Bertz CT molecular complexity index is 988. The largest absolute Gasteiger partial charge is 0.481 e. The fourth-order valence-electron chi connectivity index (χ4n) is 4.44. The molecule has 3 unspecified atom stereocenters. The standard InChI is InChI=1S/C26H42N6O9S3/c33-18(6-2-1-5-17-22-16(15-42-17)30-26(41)32-22)27-12-14-44-43-13-9-19(34)31-23(24(39)28-10-3-7-20(35)36)25(40)29-11-4-8-21(37)38/h16-17,22-23H,1-15H2,(H,27,33)(H,28,39)(H,29,40)(H,31,34)(H,35,36)(H,37,38)(H2,30,32,41). The van der Waals surface area contributed by atoms with Crippen LogP contribution < -0.4 is 31.9 Å². The molecule has 44 heavy (non-hydrogen) atoms. The van der Waals surface area contributed by atoms with Crippen LogP contribution in [0.3, 0.4) is 0 Å². The van der Waals surface area contributed by atoms with Gasteiger partial charge in [-0.1, -0.05) is 28.0 Å². The van der Waals surface area contributed by atoms with Gasteiger partial charge in [0.15, 0.2) is 6.04 Å². The van der Waals surface area contributed by atoms with E-state index in [0.29, 0.717) is 29.7 Å². The van der Waals surface area contributed by atoms with Crippen molar-refractivity contribution in [3.63, 3.8) is 0 Å². The number of amides is 6. The number of hydrogen-bond donors (Lipinski definition) is 8. The molecule has 2 rings (SSSR count). The minimum Gasteiger partial charge on any atom is -0.481 e. The molecule has 15 nitrogen and oxygen atoms in total. The predicted molar refractivity (Wildman–Crippen MR) is 168 cm³/mol. The van der Waals surface area contributed by atoms with Crippen molar-refractivity contribution in [2.45, 2.75) is 81.2 Å². The first-order valence-corrected chi connectivity index (χ1v) is 18.1. The van der Waals surface area contributed by atoms with Crippen molar-refractivity contribution in [2.75, 3.05) is 36.9 Å². The van der Waals surface area contributed by atoms with Gasteiger partial charge in [-0.05, 0) is 25.7 Å². The summed E-state index contributed by atoms with van der Waals surface area (Å²) in [4.78, 5) is 82.3. The van der Waals surface area contributed by atoms with E-state index < -0.39 is 35.7 Å². The number of fused-ring (bicyclic) bond motifs is 1. The molecule has 0 spiro atoms. The van der Waals surface area contributed by atoms with Crippen molar-refractivity contribution >= 4 is 74.9 Å². The lowest BCUT2D eigenvalue weighted by atomic mass is 10.0. The van der Waals surface area contributed by atoms with Crippen LogP contribution in [0.25, 0.3) is 0 Å². The number of nitrogens with one attached hydrogen (secondary N) is 6. The van der Waals surface area contributed by atoms with E-state index in [9.17, 15) is 33.6 Å². The number of urea groups is 1. The first-order chi connectivity index (χ1) is 21.1. The average Bonchev–Trinajstić information content (AvgIpc) is 3.52. The Morgan fingerprint density at radius 3 is 2.05 bits per heavy atom. The van der Waals surface area contributed by atoms with Crippen LogP contribution in [-0.2, 0) is 28.8 Å². The molecule has 0 aromatic carbocycles. The summed E-state index contributed by atoms with van der Waals surface area (Å²) in [6.45, 7) is 0.493. The molecule has 0 aromatic rings. The second kappa shape index (κ2) is 21.0. The third kappa shape index (κ3) is 15.2. The second-order valence-corrected chi connectivity index (χ2v) is 14.2. The van der Waals surface area contributed by atoms with E-state index >= 15 is 0 Å². The Labute approximate surface area is 268 Å². The minimum absolute atomic E-state index is 0.00601. The molecular formula is C26H42N6O9S3. The van der Waals surface area contributed by atoms with Crippen LogP contribution in [0.5, 0.6) is 0 Å². The summed E-state index contributed by atoms with van der Waals surface area (Å²) >= 11 is 1.86. The Morgan fingerprint density at radius 2 is 1.41 bits per heavy atom. The first-order valence-electron chi connectivity index (χ1n) is 14.5. The monoisotopic (exact) mass is 678 g/mol. The Hall–Kier alpha value is -2.86. The first kappa shape index (κ1) is 37.3. The molecule has 2 fully saturated rings. The highest BCUT2D eigenvalue weighted by atomic mass is 33.1. The normalized spacial score (nSPS) is 18.6.